The Morgan fingerprint density at radius 1 is 0.319 bits per heavy atom. The van der Waals surface area contributed by atoms with Crippen molar-refractivity contribution >= 4 is 40.4 Å². The van der Waals surface area contributed by atoms with Gasteiger partial charge >= 0.3 is 64.6 Å². The summed E-state index contributed by atoms with van der Waals surface area (Å²) in [5.74, 6) is -1.98. The molecule has 47 heavy (non-hydrogen) atoms. The van der Waals surface area contributed by atoms with Gasteiger partial charge in [0.1, 0.15) is 0 Å². The molecule has 0 aromatic rings. The molecule has 0 spiro atoms. The number of rotatable bonds is 32. The number of hydrogen-bond donors (Lipinski definition) is 3. The Morgan fingerprint density at radius 2 is 0.489 bits per heavy atom. The Labute approximate surface area is 306 Å². The third kappa shape index (κ3) is 72.1. The minimum absolute atomic E-state index is 0.343. The van der Waals surface area contributed by atoms with E-state index in [0.29, 0.717) is 19.3 Å². The summed E-state index contributed by atoms with van der Waals surface area (Å²) in [5.41, 5.74) is 0. The van der Waals surface area contributed by atoms with Crippen LogP contribution in [0.1, 0.15) is 233 Å². The van der Waals surface area contributed by atoms with E-state index in [4.69, 9.17) is 15.3 Å². The van der Waals surface area contributed by atoms with Gasteiger partial charge in [0.15, 0.2) is 0 Å². The van der Waals surface area contributed by atoms with Gasteiger partial charge in [0, 0.05) is 19.3 Å². The van der Waals surface area contributed by atoms with Crippen molar-refractivity contribution in [2.45, 2.75) is 238 Å². The van der Waals surface area contributed by atoms with E-state index in [1.54, 1.807) is 0 Å². The molecule has 3 N–H and O–H groups in total. The Morgan fingerprint density at radius 3 is 0.617 bits per heavy atom. The fraction of sp³-hybridized carbons (Fsp3) is 0.925. The van der Waals surface area contributed by atoms with E-state index < -0.39 is 17.9 Å². The minimum atomic E-state index is -0.659. The fourth-order valence-corrected chi connectivity index (χ4v) is 6.13. The fourth-order valence-electron chi connectivity index (χ4n) is 4.96. The number of aliphatic carboxylic acids is 3. The molecule has 0 bridgehead atoms. The quantitative estimate of drug-likeness (QED) is 0.0463. The first kappa shape index (κ1) is 53.0. The van der Waals surface area contributed by atoms with Gasteiger partial charge in [-0.15, -0.1) is 0 Å². The summed E-state index contributed by atoms with van der Waals surface area (Å²) in [6, 6.07) is 0. The van der Waals surface area contributed by atoms with Crippen LogP contribution in [0.4, 0.5) is 0 Å². The summed E-state index contributed by atoms with van der Waals surface area (Å²) in [4.78, 5) is 30.6. The van der Waals surface area contributed by atoms with Gasteiger partial charge in [0.25, 0.3) is 0 Å². The van der Waals surface area contributed by atoms with Crippen LogP contribution in [-0.4, -0.2) is 55.8 Å². The van der Waals surface area contributed by atoms with Crippen molar-refractivity contribution < 1.29 is 29.7 Å². The number of hydrogen-bond acceptors (Lipinski definition) is 3. The summed E-state index contributed by atoms with van der Waals surface area (Å²) in [7, 11) is 0. The Hall–Kier alpha value is -0.791. The molecule has 0 aliphatic heterocycles. The van der Waals surface area contributed by atoms with Crippen LogP contribution >= 0.6 is 0 Å². The molecule has 7 heteroatoms. The van der Waals surface area contributed by atoms with Crippen molar-refractivity contribution in [3.05, 3.63) is 0 Å². The Kier molecular flexibility index (Phi) is 58.7. The molecule has 0 aromatic heterocycles. The monoisotopic (exact) mass is 779 g/mol. The van der Waals surface area contributed by atoms with Crippen molar-refractivity contribution in [1.82, 2.24) is 0 Å². The molecule has 6 nitrogen and oxygen atoms in total. The zero-order valence-corrected chi connectivity index (χ0v) is 35.3. The molecule has 0 aromatic carbocycles. The van der Waals surface area contributed by atoms with Crippen molar-refractivity contribution in [2.24, 2.45) is 0 Å². The van der Waals surface area contributed by atoms with Crippen LogP contribution in [0.25, 0.3) is 0 Å². The first-order valence-corrected chi connectivity index (χ1v) is 22.4. The summed E-state index contributed by atoms with van der Waals surface area (Å²) in [6.45, 7) is 8.92. The molecular weight excluding hydrogens is 695 g/mol. The van der Waals surface area contributed by atoms with E-state index in [0.717, 1.165) is 38.5 Å². The number of carboxylic acid groups (broad SMARTS) is 3. The zero-order valence-electron chi connectivity index (χ0n) is 32.0. The van der Waals surface area contributed by atoms with Gasteiger partial charge < -0.3 is 15.3 Å². The van der Waals surface area contributed by atoms with Gasteiger partial charge in [-0.3, -0.25) is 14.4 Å². The Balaban J connectivity index is -0.000000275. The molecule has 2 radical (unpaired) electrons. The average molecular weight is 778 g/mol. The van der Waals surface area contributed by atoms with Gasteiger partial charge in [0.05, 0.1) is 0 Å². The van der Waals surface area contributed by atoms with Crippen molar-refractivity contribution in [3.8, 4) is 0 Å². The van der Waals surface area contributed by atoms with E-state index in [9.17, 15) is 14.4 Å². The van der Waals surface area contributed by atoms with Crippen LogP contribution in [0.5, 0.6) is 0 Å². The summed E-state index contributed by atoms with van der Waals surface area (Å²) >= 11 is 1.45. The molecule has 0 aliphatic carbocycles. The molecule has 0 atom stereocenters. The second kappa shape index (κ2) is 52.0. The van der Waals surface area contributed by atoms with Gasteiger partial charge in [-0.05, 0) is 19.3 Å². The Bertz CT molecular complexity index is 521. The van der Waals surface area contributed by atoms with E-state index in [2.05, 4.69) is 27.7 Å². The summed E-state index contributed by atoms with van der Waals surface area (Å²) < 4.78 is 1.47. The predicted octanol–water partition coefficient (Wildman–Crippen LogP) is 13.1. The van der Waals surface area contributed by atoms with Crippen molar-refractivity contribution in [2.75, 3.05) is 0 Å². The van der Waals surface area contributed by atoms with E-state index in [-0.39, 0.29) is 0 Å². The standard InChI is InChI=1S/3C12H24O2.C4H9.Sn.H/c3*1-2-3-4-5-6-7-8-9-10-11-12(13)14;1-3-4-2;;/h3*2-11H2,1H3,(H,13,14);1,3-4H2,2H3;;. The van der Waals surface area contributed by atoms with Crippen LogP contribution in [0, 0.1) is 0 Å². The topological polar surface area (TPSA) is 112 Å². The molecule has 0 fully saturated rings. The van der Waals surface area contributed by atoms with Crippen LogP contribution in [0.2, 0.25) is 4.44 Å². The van der Waals surface area contributed by atoms with Crippen LogP contribution in [0.15, 0.2) is 0 Å². The van der Waals surface area contributed by atoms with Gasteiger partial charge in [-0.1, -0.05) is 175 Å². The number of unbranched alkanes of at least 4 members (excludes halogenated alkanes) is 25. The summed E-state index contributed by atoms with van der Waals surface area (Å²) in [6.07, 6.45) is 37.3. The van der Waals surface area contributed by atoms with Crippen molar-refractivity contribution in [1.29, 1.82) is 0 Å². The predicted molar refractivity (Wildman–Crippen MR) is 205 cm³/mol. The average Bonchev–Trinajstić information content (AvgIpc) is 3.03. The van der Waals surface area contributed by atoms with Crippen LogP contribution < -0.4 is 0 Å². The third-order valence-electron chi connectivity index (χ3n) is 8.04. The molecule has 0 heterocycles. The van der Waals surface area contributed by atoms with E-state index in [1.807, 2.05) is 0 Å². The first-order valence-electron chi connectivity index (χ1n) is 20.1. The first-order chi connectivity index (χ1) is 22.7. The maximum atomic E-state index is 10.2. The van der Waals surface area contributed by atoms with Gasteiger partial charge in [0.2, 0.25) is 0 Å². The normalized spacial score (nSPS) is 10.1. The van der Waals surface area contributed by atoms with Gasteiger partial charge in [-0.25, -0.2) is 0 Å². The second-order valence-electron chi connectivity index (χ2n) is 13.1. The molecule has 282 valence electrons. The zero-order chi connectivity index (χ0) is 36.1. The second-order valence-corrected chi connectivity index (χ2v) is 14.7. The number of carbonyl (C=O) groups is 3. The van der Waals surface area contributed by atoms with E-state index in [1.165, 1.54) is 175 Å². The molecule has 0 aliphatic rings. The summed E-state index contributed by atoms with van der Waals surface area (Å²) in [5, 5.41) is 25.2. The SMILES string of the molecule is CCCCCCCCCCCC(=O)O.CCCCCCCCCCCC(=O)O.CCCCCCCCCCCC(=O)O.CCC[CH2][SnH]. The molecule has 0 saturated heterocycles. The van der Waals surface area contributed by atoms with Gasteiger partial charge in [-0.2, -0.15) is 0 Å². The third-order valence-corrected chi connectivity index (χ3v) is 9.21. The molecule has 0 rings (SSSR count). The molecule has 0 unspecified atom stereocenters. The molecule has 0 saturated carbocycles. The molecule has 0 amide bonds. The van der Waals surface area contributed by atoms with E-state index >= 15 is 0 Å². The molecular formula is C40H82O6Sn. The van der Waals surface area contributed by atoms with Crippen molar-refractivity contribution in [3.63, 3.8) is 0 Å². The van der Waals surface area contributed by atoms with Crippen LogP contribution in [-0.2, 0) is 14.4 Å². The number of carboxylic acids is 3. The van der Waals surface area contributed by atoms with Crippen LogP contribution in [0.3, 0.4) is 0 Å². The maximum absolute atomic E-state index is 10.2.